The summed E-state index contributed by atoms with van der Waals surface area (Å²) in [7, 11) is 2.08. The van der Waals surface area contributed by atoms with Gasteiger partial charge in [0.1, 0.15) is 0 Å². The Morgan fingerprint density at radius 3 is 2.73 bits per heavy atom. The van der Waals surface area contributed by atoms with Gasteiger partial charge in [-0.05, 0) is 13.5 Å². The molecule has 0 aliphatic carbocycles. The summed E-state index contributed by atoms with van der Waals surface area (Å²) in [5, 5.41) is 0. The van der Waals surface area contributed by atoms with Crippen molar-refractivity contribution >= 4 is 5.91 Å². The minimum absolute atomic E-state index is 0.127. The van der Waals surface area contributed by atoms with E-state index in [1.165, 1.54) is 0 Å². The Hall–Kier alpha value is -0.610. The molecule has 1 heterocycles. The second kappa shape index (κ2) is 5.47. The minimum atomic E-state index is 0.127. The SMILES string of the molecule is CCC(C)C(=O)N1CCN(C)CC1CN. The van der Waals surface area contributed by atoms with Crippen LogP contribution in [-0.2, 0) is 4.79 Å². The Kier molecular flexibility index (Phi) is 4.54. The lowest BCUT2D eigenvalue weighted by Gasteiger charge is -2.40. The van der Waals surface area contributed by atoms with Gasteiger partial charge in [0, 0.05) is 32.1 Å². The van der Waals surface area contributed by atoms with Crippen molar-refractivity contribution in [2.24, 2.45) is 11.7 Å². The Labute approximate surface area is 92.4 Å². The van der Waals surface area contributed by atoms with Crippen molar-refractivity contribution in [3.8, 4) is 0 Å². The summed E-state index contributed by atoms with van der Waals surface area (Å²) in [6, 6.07) is 0.199. The number of nitrogens with two attached hydrogens (primary N) is 1. The van der Waals surface area contributed by atoms with E-state index in [0.29, 0.717) is 6.54 Å². The highest BCUT2D eigenvalue weighted by Crippen LogP contribution is 2.13. The highest BCUT2D eigenvalue weighted by Gasteiger charge is 2.29. The Morgan fingerprint density at radius 1 is 1.53 bits per heavy atom. The van der Waals surface area contributed by atoms with E-state index in [1.54, 1.807) is 0 Å². The highest BCUT2D eigenvalue weighted by molar-refractivity contribution is 5.79. The molecule has 0 saturated carbocycles. The van der Waals surface area contributed by atoms with Gasteiger partial charge in [-0.25, -0.2) is 0 Å². The molecule has 15 heavy (non-hydrogen) atoms. The first-order chi connectivity index (χ1) is 7.10. The van der Waals surface area contributed by atoms with Crippen molar-refractivity contribution in [3.05, 3.63) is 0 Å². The number of carbonyl (C=O) groups is 1. The summed E-state index contributed by atoms with van der Waals surface area (Å²) < 4.78 is 0. The number of likely N-dealkylation sites (N-methyl/N-ethyl adjacent to an activating group) is 1. The van der Waals surface area contributed by atoms with E-state index in [4.69, 9.17) is 5.73 Å². The summed E-state index contributed by atoms with van der Waals surface area (Å²) in [5.41, 5.74) is 5.71. The number of piperazine rings is 1. The lowest BCUT2D eigenvalue weighted by Crippen LogP contribution is -2.57. The van der Waals surface area contributed by atoms with Crippen molar-refractivity contribution in [1.82, 2.24) is 9.80 Å². The zero-order valence-corrected chi connectivity index (χ0v) is 10.1. The molecule has 4 nitrogen and oxygen atoms in total. The van der Waals surface area contributed by atoms with Crippen molar-refractivity contribution in [2.75, 3.05) is 33.2 Å². The van der Waals surface area contributed by atoms with Crippen LogP contribution in [0.5, 0.6) is 0 Å². The first kappa shape index (κ1) is 12.5. The van der Waals surface area contributed by atoms with Crippen LogP contribution in [0, 0.1) is 5.92 Å². The smallest absolute Gasteiger partial charge is 0.225 e. The van der Waals surface area contributed by atoms with E-state index in [2.05, 4.69) is 18.9 Å². The highest BCUT2D eigenvalue weighted by atomic mass is 16.2. The molecule has 1 amide bonds. The molecule has 0 radical (unpaired) electrons. The lowest BCUT2D eigenvalue weighted by molar-refractivity contribution is -0.139. The molecule has 1 saturated heterocycles. The fourth-order valence-corrected chi connectivity index (χ4v) is 1.96. The average molecular weight is 213 g/mol. The third-order valence-electron chi connectivity index (χ3n) is 3.27. The first-order valence-corrected chi connectivity index (χ1v) is 5.79. The largest absolute Gasteiger partial charge is 0.336 e. The second-order valence-electron chi connectivity index (χ2n) is 4.49. The van der Waals surface area contributed by atoms with E-state index in [1.807, 2.05) is 11.8 Å². The van der Waals surface area contributed by atoms with Crippen LogP contribution in [0.3, 0.4) is 0 Å². The van der Waals surface area contributed by atoms with Crippen molar-refractivity contribution in [1.29, 1.82) is 0 Å². The summed E-state index contributed by atoms with van der Waals surface area (Å²) in [5.74, 6) is 0.392. The van der Waals surface area contributed by atoms with E-state index in [-0.39, 0.29) is 17.9 Å². The summed E-state index contributed by atoms with van der Waals surface area (Å²) in [4.78, 5) is 16.3. The van der Waals surface area contributed by atoms with Crippen molar-refractivity contribution < 1.29 is 4.79 Å². The normalized spacial score (nSPS) is 25.3. The van der Waals surface area contributed by atoms with Crippen LogP contribution < -0.4 is 5.73 Å². The fraction of sp³-hybridized carbons (Fsp3) is 0.909. The predicted molar refractivity (Wildman–Crippen MR) is 61.5 cm³/mol. The number of nitrogens with zero attached hydrogens (tertiary/aromatic N) is 2. The zero-order valence-electron chi connectivity index (χ0n) is 10.1. The minimum Gasteiger partial charge on any atom is -0.336 e. The molecule has 4 heteroatoms. The standard InChI is InChI=1S/C11H23N3O/c1-4-9(2)11(15)14-6-5-13(3)8-10(14)7-12/h9-10H,4-8,12H2,1-3H3. The molecular weight excluding hydrogens is 190 g/mol. The van der Waals surface area contributed by atoms with Crippen LogP contribution in [-0.4, -0.2) is 55.0 Å². The molecular formula is C11H23N3O. The molecule has 1 aliphatic heterocycles. The number of hydrogen-bond acceptors (Lipinski definition) is 3. The quantitative estimate of drug-likeness (QED) is 0.725. The maximum absolute atomic E-state index is 12.1. The van der Waals surface area contributed by atoms with Gasteiger partial charge in [-0.2, -0.15) is 0 Å². The second-order valence-corrected chi connectivity index (χ2v) is 4.49. The molecule has 88 valence electrons. The van der Waals surface area contributed by atoms with Gasteiger partial charge in [-0.1, -0.05) is 13.8 Å². The molecule has 0 aromatic heterocycles. The Balaban J connectivity index is 2.63. The van der Waals surface area contributed by atoms with Crippen LogP contribution in [0.4, 0.5) is 0 Å². The van der Waals surface area contributed by atoms with Gasteiger partial charge in [-0.15, -0.1) is 0 Å². The number of carbonyl (C=O) groups excluding carboxylic acids is 1. The van der Waals surface area contributed by atoms with Gasteiger partial charge in [0.05, 0.1) is 6.04 Å². The van der Waals surface area contributed by atoms with Crippen molar-refractivity contribution in [3.63, 3.8) is 0 Å². The van der Waals surface area contributed by atoms with E-state index < -0.39 is 0 Å². The summed E-state index contributed by atoms with van der Waals surface area (Å²) >= 11 is 0. The zero-order chi connectivity index (χ0) is 11.4. The van der Waals surface area contributed by atoms with E-state index in [9.17, 15) is 4.79 Å². The molecule has 1 aliphatic rings. The Morgan fingerprint density at radius 2 is 2.20 bits per heavy atom. The molecule has 1 rings (SSSR count). The topological polar surface area (TPSA) is 49.6 Å². The predicted octanol–water partition coefficient (Wildman–Crippen LogP) is 0.134. The van der Waals surface area contributed by atoms with Gasteiger partial charge < -0.3 is 15.5 Å². The molecule has 2 atom stereocenters. The average Bonchev–Trinajstić information content (AvgIpc) is 2.26. The van der Waals surface area contributed by atoms with Crippen molar-refractivity contribution in [2.45, 2.75) is 26.3 Å². The molecule has 2 unspecified atom stereocenters. The molecule has 0 bridgehead atoms. The lowest BCUT2D eigenvalue weighted by atomic mass is 10.0. The first-order valence-electron chi connectivity index (χ1n) is 5.79. The maximum atomic E-state index is 12.1. The number of rotatable bonds is 3. The molecule has 1 fully saturated rings. The Bertz CT molecular complexity index is 220. The van der Waals surface area contributed by atoms with Crippen LogP contribution in [0.1, 0.15) is 20.3 Å². The third kappa shape index (κ3) is 2.92. The molecule has 0 aromatic rings. The van der Waals surface area contributed by atoms with Crippen LogP contribution in [0.2, 0.25) is 0 Å². The van der Waals surface area contributed by atoms with Crippen LogP contribution >= 0.6 is 0 Å². The molecule has 0 spiro atoms. The summed E-state index contributed by atoms with van der Waals surface area (Å²) in [6.45, 7) is 7.29. The third-order valence-corrected chi connectivity index (χ3v) is 3.27. The monoisotopic (exact) mass is 213 g/mol. The van der Waals surface area contributed by atoms with E-state index >= 15 is 0 Å². The van der Waals surface area contributed by atoms with Gasteiger partial charge in [0.15, 0.2) is 0 Å². The van der Waals surface area contributed by atoms with Crippen LogP contribution in [0.25, 0.3) is 0 Å². The van der Waals surface area contributed by atoms with Gasteiger partial charge in [0.2, 0.25) is 5.91 Å². The number of hydrogen-bond donors (Lipinski definition) is 1. The fourth-order valence-electron chi connectivity index (χ4n) is 1.96. The number of amides is 1. The maximum Gasteiger partial charge on any atom is 0.225 e. The van der Waals surface area contributed by atoms with Gasteiger partial charge in [-0.3, -0.25) is 4.79 Å². The molecule has 2 N–H and O–H groups in total. The van der Waals surface area contributed by atoms with E-state index in [0.717, 1.165) is 26.1 Å². The van der Waals surface area contributed by atoms with Gasteiger partial charge in [0.25, 0.3) is 0 Å². The van der Waals surface area contributed by atoms with Gasteiger partial charge >= 0.3 is 0 Å². The summed E-state index contributed by atoms with van der Waals surface area (Å²) in [6.07, 6.45) is 0.905. The van der Waals surface area contributed by atoms with Crippen LogP contribution in [0.15, 0.2) is 0 Å². The molecule has 0 aromatic carbocycles.